The molecule has 1 aromatic rings. The van der Waals surface area contributed by atoms with Crippen molar-refractivity contribution >= 4 is 38.0 Å². The lowest BCUT2D eigenvalue weighted by Crippen LogP contribution is -2.39. The normalized spacial score (nSPS) is 15.2. The van der Waals surface area contributed by atoms with Crippen LogP contribution in [0.25, 0.3) is 0 Å². The average molecular weight is 460 g/mol. The summed E-state index contributed by atoms with van der Waals surface area (Å²) in [5, 5.41) is 3.46. The summed E-state index contributed by atoms with van der Waals surface area (Å²) in [6, 6.07) is 6.25. The molecule has 0 spiro atoms. The molecule has 132 valence electrons. The molecule has 1 N–H and O–H groups in total. The van der Waals surface area contributed by atoms with Gasteiger partial charge in [-0.3, -0.25) is 0 Å². The van der Waals surface area contributed by atoms with Crippen LogP contribution in [0.3, 0.4) is 0 Å². The summed E-state index contributed by atoms with van der Waals surface area (Å²) >= 11 is 7.00. The van der Waals surface area contributed by atoms with Crippen molar-refractivity contribution in [2.24, 2.45) is 0 Å². The molecule has 0 atom stereocenters. The second-order valence-electron chi connectivity index (χ2n) is 6.89. The zero-order valence-corrected chi connectivity index (χ0v) is 17.5. The highest BCUT2D eigenvalue weighted by Gasteiger charge is 2.23. The molecule has 0 fully saturated rings. The summed E-state index contributed by atoms with van der Waals surface area (Å²) < 4.78 is 7.53. The topological polar surface area (TPSA) is 41.6 Å². The molecule has 1 aliphatic rings. The van der Waals surface area contributed by atoms with Crippen LogP contribution < -0.4 is 5.32 Å². The van der Waals surface area contributed by atoms with Crippen molar-refractivity contribution in [3.63, 3.8) is 0 Å². The van der Waals surface area contributed by atoms with E-state index in [9.17, 15) is 4.79 Å². The van der Waals surface area contributed by atoms with Crippen LogP contribution >= 0.6 is 31.9 Å². The Balaban J connectivity index is 1.77. The Labute approximate surface area is 160 Å². The van der Waals surface area contributed by atoms with Crippen LogP contribution in [-0.2, 0) is 11.3 Å². The number of hydrogen-bond acceptors (Lipinski definition) is 3. The molecule has 4 nitrogen and oxygen atoms in total. The quantitative estimate of drug-likeness (QED) is 0.653. The number of benzene rings is 1. The molecular weight excluding hydrogens is 436 g/mol. The molecule has 6 heteroatoms. The lowest BCUT2D eigenvalue weighted by atomic mass is 10.1. The van der Waals surface area contributed by atoms with Gasteiger partial charge in [0.05, 0.1) is 0 Å². The second kappa shape index (κ2) is 8.50. The van der Waals surface area contributed by atoms with Gasteiger partial charge in [0.15, 0.2) is 0 Å². The highest BCUT2D eigenvalue weighted by molar-refractivity contribution is 9.13. The standard InChI is InChI=1S/C18H24Br2N2O2/c1-18(2,3)24-17(23)22-8-6-13(7-9-22)11-21-12-14-4-5-15(19)16(20)10-14/h4-6,10,21H,7-9,11-12H2,1-3H3. The van der Waals surface area contributed by atoms with Crippen LogP contribution in [0, 0.1) is 0 Å². The molecule has 1 aromatic carbocycles. The first-order valence-electron chi connectivity index (χ1n) is 8.05. The molecule has 0 unspecified atom stereocenters. The summed E-state index contributed by atoms with van der Waals surface area (Å²) in [6.07, 6.45) is 2.78. The fraction of sp³-hybridized carbons (Fsp3) is 0.500. The van der Waals surface area contributed by atoms with Crippen LogP contribution in [-0.4, -0.2) is 36.2 Å². The van der Waals surface area contributed by atoms with Crippen LogP contribution in [0.4, 0.5) is 4.79 Å². The summed E-state index contributed by atoms with van der Waals surface area (Å²) in [6.45, 7) is 8.67. The fourth-order valence-corrected chi connectivity index (χ4v) is 3.05. The highest BCUT2D eigenvalue weighted by atomic mass is 79.9. The number of halogens is 2. The van der Waals surface area contributed by atoms with Gasteiger partial charge >= 0.3 is 6.09 Å². The Morgan fingerprint density at radius 3 is 2.58 bits per heavy atom. The Bertz CT molecular complexity index is 624. The number of hydrogen-bond donors (Lipinski definition) is 1. The van der Waals surface area contributed by atoms with E-state index >= 15 is 0 Å². The molecule has 1 aliphatic heterocycles. The van der Waals surface area contributed by atoms with Gasteiger partial charge in [0.1, 0.15) is 5.60 Å². The number of nitrogens with one attached hydrogen (secondary N) is 1. The number of rotatable bonds is 4. The minimum atomic E-state index is -0.443. The maximum absolute atomic E-state index is 12.0. The van der Waals surface area contributed by atoms with Gasteiger partial charge in [-0.15, -0.1) is 0 Å². The van der Waals surface area contributed by atoms with Gasteiger partial charge < -0.3 is 15.0 Å². The van der Waals surface area contributed by atoms with E-state index in [-0.39, 0.29) is 6.09 Å². The van der Waals surface area contributed by atoms with Gasteiger partial charge in [-0.05, 0) is 76.7 Å². The van der Waals surface area contributed by atoms with Crippen molar-refractivity contribution in [1.29, 1.82) is 0 Å². The van der Waals surface area contributed by atoms with Crippen molar-refractivity contribution in [3.8, 4) is 0 Å². The van der Waals surface area contributed by atoms with E-state index < -0.39 is 5.60 Å². The summed E-state index contributed by atoms with van der Waals surface area (Å²) in [4.78, 5) is 13.8. The van der Waals surface area contributed by atoms with Gasteiger partial charge in [0.25, 0.3) is 0 Å². The predicted octanol–water partition coefficient (Wildman–Crippen LogP) is 4.87. The first-order valence-corrected chi connectivity index (χ1v) is 9.64. The molecule has 0 aromatic heterocycles. The third-order valence-corrected chi connectivity index (χ3v) is 5.50. The van der Waals surface area contributed by atoms with Crippen molar-refractivity contribution in [1.82, 2.24) is 10.2 Å². The monoisotopic (exact) mass is 458 g/mol. The van der Waals surface area contributed by atoms with E-state index in [1.54, 1.807) is 4.90 Å². The zero-order chi connectivity index (χ0) is 17.7. The average Bonchev–Trinajstić information content (AvgIpc) is 2.50. The van der Waals surface area contributed by atoms with Gasteiger partial charge in [-0.25, -0.2) is 4.79 Å². The van der Waals surface area contributed by atoms with E-state index in [1.165, 1.54) is 11.1 Å². The molecule has 0 saturated heterocycles. The number of carbonyl (C=O) groups is 1. The Kier molecular flexibility index (Phi) is 6.89. The van der Waals surface area contributed by atoms with E-state index in [0.29, 0.717) is 13.1 Å². The summed E-state index contributed by atoms with van der Waals surface area (Å²) in [5.41, 5.74) is 2.13. The molecule has 0 saturated carbocycles. The maximum atomic E-state index is 12.0. The van der Waals surface area contributed by atoms with Crippen LogP contribution in [0.15, 0.2) is 38.8 Å². The molecule has 1 heterocycles. The minimum absolute atomic E-state index is 0.231. The van der Waals surface area contributed by atoms with Crippen molar-refractivity contribution in [2.75, 3.05) is 19.6 Å². The third kappa shape index (κ3) is 6.22. The van der Waals surface area contributed by atoms with Crippen LogP contribution in [0.2, 0.25) is 0 Å². The van der Waals surface area contributed by atoms with Gasteiger partial charge in [0.2, 0.25) is 0 Å². The molecule has 2 rings (SSSR count). The highest BCUT2D eigenvalue weighted by Crippen LogP contribution is 2.23. The van der Waals surface area contributed by atoms with Crippen molar-refractivity contribution in [2.45, 2.75) is 39.3 Å². The smallest absolute Gasteiger partial charge is 0.410 e. The fourth-order valence-electron chi connectivity index (χ4n) is 2.38. The molecule has 24 heavy (non-hydrogen) atoms. The van der Waals surface area contributed by atoms with E-state index in [0.717, 1.165) is 28.5 Å². The van der Waals surface area contributed by atoms with Gasteiger partial charge in [-0.2, -0.15) is 0 Å². The lowest BCUT2D eigenvalue weighted by molar-refractivity contribution is 0.0265. The Morgan fingerprint density at radius 1 is 1.25 bits per heavy atom. The molecule has 0 aliphatic carbocycles. The SMILES string of the molecule is CC(C)(C)OC(=O)N1CC=C(CNCc2ccc(Br)c(Br)c2)CC1. The Morgan fingerprint density at radius 2 is 2.00 bits per heavy atom. The predicted molar refractivity (Wildman–Crippen MR) is 104 cm³/mol. The maximum Gasteiger partial charge on any atom is 0.410 e. The van der Waals surface area contributed by atoms with E-state index in [1.807, 2.05) is 26.8 Å². The summed E-state index contributed by atoms with van der Waals surface area (Å²) in [7, 11) is 0. The molecule has 0 bridgehead atoms. The van der Waals surface area contributed by atoms with Gasteiger partial charge in [0, 0.05) is 35.1 Å². The minimum Gasteiger partial charge on any atom is -0.444 e. The molecular formula is C18H24Br2N2O2. The largest absolute Gasteiger partial charge is 0.444 e. The number of ether oxygens (including phenoxy) is 1. The van der Waals surface area contributed by atoms with E-state index in [4.69, 9.17) is 4.74 Å². The van der Waals surface area contributed by atoms with Gasteiger partial charge in [-0.1, -0.05) is 17.7 Å². The second-order valence-corrected chi connectivity index (χ2v) is 8.60. The molecule has 0 radical (unpaired) electrons. The third-order valence-electron chi connectivity index (χ3n) is 3.62. The first kappa shape index (κ1) is 19.5. The summed E-state index contributed by atoms with van der Waals surface area (Å²) in [5.74, 6) is 0. The number of nitrogens with zero attached hydrogens (tertiary/aromatic N) is 1. The Hall–Kier alpha value is -0.850. The lowest BCUT2D eigenvalue weighted by Gasteiger charge is -2.29. The van der Waals surface area contributed by atoms with Crippen LogP contribution in [0.5, 0.6) is 0 Å². The van der Waals surface area contributed by atoms with Crippen LogP contribution in [0.1, 0.15) is 32.8 Å². The first-order chi connectivity index (χ1) is 11.2. The zero-order valence-electron chi connectivity index (χ0n) is 14.4. The van der Waals surface area contributed by atoms with Crippen molar-refractivity contribution < 1.29 is 9.53 Å². The van der Waals surface area contributed by atoms with Crippen molar-refractivity contribution in [3.05, 3.63) is 44.4 Å². The number of amides is 1. The number of carbonyl (C=O) groups excluding carboxylic acids is 1. The molecule has 1 amide bonds. The van der Waals surface area contributed by atoms with E-state index in [2.05, 4.69) is 55.4 Å².